The van der Waals surface area contributed by atoms with Crippen molar-refractivity contribution in [2.75, 3.05) is 11.8 Å². The van der Waals surface area contributed by atoms with E-state index in [1.165, 1.54) is 12.8 Å². The third kappa shape index (κ3) is 3.41. The number of hydrogen-bond donors (Lipinski definition) is 1. The van der Waals surface area contributed by atoms with Crippen molar-refractivity contribution < 1.29 is 13.2 Å². The van der Waals surface area contributed by atoms with Gasteiger partial charge in [0.15, 0.2) is 0 Å². The van der Waals surface area contributed by atoms with Gasteiger partial charge in [0.25, 0.3) is 0 Å². The Balaban J connectivity index is 1.59. The molecular weight excluding hydrogens is 398 g/mol. The quantitative estimate of drug-likeness (QED) is 0.609. The third-order valence-electron chi connectivity index (χ3n) is 5.90. The number of nitriles is 1. The van der Waals surface area contributed by atoms with Gasteiger partial charge in [-0.15, -0.1) is 0 Å². The van der Waals surface area contributed by atoms with Gasteiger partial charge >= 0.3 is 0 Å². The molecule has 7 heteroatoms. The molecule has 1 N–H and O–H groups in total. The van der Waals surface area contributed by atoms with Crippen molar-refractivity contribution in [2.45, 2.75) is 37.5 Å². The van der Waals surface area contributed by atoms with Crippen molar-refractivity contribution in [2.24, 2.45) is 5.92 Å². The number of aromatic nitrogens is 1. The van der Waals surface area contributed by atoms with Crippen LogP contribution in [-0.4, -0.2) is 25.3 Å². The first-order valence-electron chi connectivity index (χ1n) is 10.2. The number of sulfonamides is 1. The fraction of sp³-hybridized carbons (Fsp3) is 0.348. The molecule has 0 atom stereocenters. The number of ether oxygens (including phenoxy) is 1. The van der Waals surface area contributed by atoms with Crippen LogP contribution >= 0.6 is 0 Å². The van der Waals surface area contributed by atoms with Crippen LogP contribution in [0, 0.1) is 17.2 Å². The van der Waals surface area contributed by atoms with Crippen molar-refractivity contribution in [3.63, 3.8) is 0 Å². The molecule has 0 saturated heterocycles. The second-order valence-electron chi connectivity index (χ2n) is 8.20. The van der Waals surface area contributed by atoms with Crippen LogP contribution in [0.15, 0.2) is 42.5 Å². The number of nitrogens with one attached hydrogen (secondary N) is 1. The summed E-state index contributed by atoms with van der Waals surface area (Å²) in [5.74, 6) is 1.39. The van der Waals surface area contributed by atoms with Crippen LogP contribution in [0.5, 0.6) is 5.75 Å². The van der Waals surface area contributed by atoms with Crippen molar-refractivity contribution in [1.82, 2.24) is 4.57 Å². The van der Waals surface area contributed by atoms with Gasteiger partial charge in [-0.1, -0.05) is 12.1 Å². The summed E-state index contributed by atoms with van der Waals surface area (Å²) in [5.41, 5.74) is 3.96. The Bertz CT molecular complexity index is 1260. The first-order chi connectivity index (χ1) is 14.5. The molecule has 0 spiro atoms. The third-order valence-corrected chi connectivity index (χ3v) is 7.77. The Labute approximate surface area is 176 Å². The van der Waals surface area contributed by atoms with Crippen molar-refractivity contribution in [3.8, 4) is 23.1 Å². The number of nitrogens with zero attached hydrogens (tertiary/aromatic N) is 2. The predicted octanol–water partition coefficient (Wildman–Crippen LogP) is 4.50. The van der Waals surface area contributed by atoms with E-state index in [0.29, 0.717) is 17.2 Å². The number of anilines is 1. The standard InChI is InChI=1S/C23H23N3O3S/c1-29-18-8-11-20-21(13-24)23(26(22(20)12-18)14-15-2-3-15)16-4-6-17(7-5-16)25-30(27,28)19-9-10-19/h4-8,11-12,15,19,25H,2-3,9-10,14H2,1H3. The molecule has 1 heterocycles. The maximum atomic E-state index is 12.2. The molecule has 2 aromatic carbocycles. The average molecular weight is 422 g/mol. The minimum Gasteiger partial charge on any atom is -0.497 e. The van der Waals surface area contributed by atoms with E-state index >= 15 is 0 Å². The van der Waals surface area contributed by atoms with Gasteiger partial charge in [-0.2, -0.15) is 5.26 Å². The topological polar surface area (TPSA) is 84.1 Å². The van der Waals surface area contributed by atoms with Crippen LogP contribution in [0.1, 0.15) is 31.2 Å². The molecule has 5 rings (SSSR count). The van der Waals surface area contributed by atoms with Crippen LogP contribution in [0.2, 0.25) is 0 Å². The second kappa shape index (κ2) is 7.06. The summed E-state index contributed by atoms with van der Waals surface area (Å²) in [6.07, 6.45) is 3.85. The lowest BCUT2D eigenvalue weighted by Gasteiger charge is -2.12. The van der Waals surface area contributed by atoms with E-state index in [1.807, 2.05) is 30.3 Å². The van der Waals surface area contributed by atoms with Crippen molar-refractivity contribution >= 4 is 26.6 Å². The molecular formula is C23H23N3O3S. The maximum Gasteiger partial charge on any atom is 0.235 e. The van der Waals surface area contributed by atoms with Crippen LogP contribution in [0.4, 0.5) is 5.69 Å². The molecule has 0 radical (unpaired) electrons. The highest BCUT2D eigenvalue weighted by Crippen LogP contribution is 2.40. The van der Waals surface area contributed by atoms with Crippen LogP contribution in [0.25, 0.3) is 22.2 Å². The highest BCUT2D eigenvalue weighted by Gasteiger charge is 2.35. The zero-order valence-corrected chi connectivity index (χ0v) is 17.6. The van der Waals surface area contributed by atoms with Crippen LogP contribution in [0.3, 0.4) is 0 Å². The van der Waals surface area contributed by atoms with E-state index in [0.717, 1.165) is 47.3 Å². The minimum atomic E-state index is -3.30. The Morgan fingerprint density at radius 3 is 2.47 bits per heavy atom. The highest BCUT2D eigenvalue weighted by atomic mass is 32.2. The Kier molecular flexibility index (Phi) is 4.48. The lowest BCUT2D eigenvalue weighted by molar-refractivity contribution is 0.415. The molecule has 2 fully saturated rings. The molecule has 3 aromatic rings. The average Bonchev–Trinajstić information content (AvgIpc) is 3.65. The summed E-state index contributed by atoms with van der Waals surface area (Å²) in [6.45, 7) is 0.858. The van der Waals surface area contributed by atoms with Gasteiger partial charge in [0.05, 0.1) is 29.1 Å². The van der Waals surface area contributed by atoms with E-state index < -0.39 is 10.0 Å². The summed E-state index contributed by atoms with van der Waals surface area (Å²) in [6, 6.07) is 15.5. The number of methoxy groups -OCH3 is 1. The predicted molar refractivity (Wildman–Crippen MR) is 117 cm³/mol. The van der Waals surface area contributed by atoms with E-state index in [9.17, 15) is 13.7 Å². The molecule has 1 aromatic heterocycles. The summed E-state index contributed by atoms with van der Waals surface area (Å²) >= 11 is 0. The second-order valence-corrected chi connectivity index (χ2v) is 10.2. The number of fused-ring (bicyclic) bond motifs is 1. The molecule has 0 bridgehead atoms. The van der Waals surface area contributed by atoms with Gasteiger partial charge in [-0.3, -0.25) is 4.72 Å². The van der Waals surface area contributed by atoms with Gasteiger partial charge in [-0.05, 0) is 61.4 Å². The minimum absolute atomic E-state index is 0.265. The van der Waals surface area contributed by atoms with E-state index in [-0.39, 0.29) is 5.25 Å². The maximum absolute atomic E-state index is 12.2. The molecule has 6 nitrogen and oxygen atoms in total. The van der Waals surface area contributed by atoms with Gasteiger partial charge in [0.2, 0.25) is 10.0 Å². The summed E-state index contributed by atoms with van der Waals surface area (Å²) in [4.78, 5) is 0. The lowest BCUT2D eigenvalue weighted by Crippen LogP contribution is -2.17. The Hall–Kier alpha value is -2.98. The Morgan fingerprint density at radius 2 is 1.87 bits per heavy atom. The molecule has 154 valence electrons. The molecule has 2 saturated carbocycles. The zero-order valence-electron chi connectivity index (χ0n) is 16.8. The normalized spacial score (nSPS) is 16.4. The summed E-state index contributed by atoms with van der Waals surface area (Å²) in [7, 11) is -1.65. The van der Waals surface area contributed by atoms with Gasteiger partial charge in [0, 0.05) is 23.7 Å². The summed E-state index contributed by atoms with van der Waals surface area (Å²) < 4.78 is 34.7. The SMILES string of the molecule is COc1ccc2c(C#N)c(-c3ccc(NS(=O)(=O)C4CC4)cc3)n(CC3CC3)c2c1. The molecule has 2 aliphatic rings. The smallest absolute Gasteiger partial charge is 0.235 e. The fourth-order valence-corrected chi connectivity index (χ4v) is 5.33. The lowest BCUT2D eigenvalue weighted by atomic mass is 10.1. The first kappa shape index (κ1) is 19.0. The van der Waals surface area contributed by atoms with E-state index in [2.05, 4.69) is 15.4 Å². The molecule has 0 amide bonds. The largest absolute Gasteiger partial charge is 0.497 e. The van der Waals surface area contributed by atoms with E-state index in [4.69, 9.17) is 4.74 Å². The molecule has 30 heavy (non-hydrogen) atoms. The number of benzene rings is 2. The highest BCUT2D eigenvalue weighted by molar-refractivity contribution is 7.93. The zero-order chi connectivity index (χ0) is 20.9. The van der Waals surface area contributed by atoms with Gasteiger partial charge in [0.1, 0.15) is 11.8 Å². The van der Waals surface area contributed by atoms with E-state index in [1.54, 1.807) is 19.2 Å². The molecule has 2 aliphatic carbocycles. The van der Waals surface area contributed by atoms with Gasteiger partial charge in [-0.25, -0.2) is 8.42 Å². The van der Waals surface area contributed by atoms with Crippen molar-refractivity contribution in [1.29, 1.82) is 5.26 Å². The number of hydrogen-bond acceptors (Lipinski definition) is 4. The number of rotatable bonds is 7. The van der Waals surface area contributed by atoms with Gasteiger partial charge < -0.3 is 9.30 Å². The first-order valence-corrected chi connectivity index (χ1v) is 11.8. The molecule has 0 aliphatic heterocycles. The monoisotopic (exact) mass is 421 g/mol. The Morgan fingerprint density at radius 1 is 1.13 bits per heavy atom. The van der Waals surface area contributed by atoms with Crippen LogP contribution in [-0.2, 0) is 16.6 Å². The summed E-state index contributed by atoms with van der Waals surface area (Å²) in [5, 5.41) is 10.6. The molecule has 0 unspecified atom stereocenters. The fourth-order valence-electron chi connectivity index (χ4n) is 3.94. The van der Waals surface area contributed by atoms with Crippen LogP contribution < -0.4 is 9.46 Å². The van der Waals surface area contributed by atoms with Crippen molar-refractivity contribution in [3.05, 3.63) is 48.0 Å².